The largest absolute Gasteiger partial charge is 0.281 e. The lowest BCUT2D eigenvalue weighted by atomic mass is 10.2. The van der Waals surface area contributed by atoms with Crippen molar-refractivity contribution in [1.82, 2.24) is 14.8 Å². The molecule has 0 unspecified atom stereocenters. The third kappa shape index (κ3) is 3.19. The lowest BCUT2D eigenvalue weighted by molar-refractivity contribution is 0.108. The molecule has 4 rings (SSSR count). The maximum absolute atomic E-state index is 12.2. The Morgan fingerprint density at radius 1 is 1.17 bits per heavy atom. The van der Waals surface area contributed by atoms with Gasteiger partial charge in [0.15, 0.2) is 5.82 Å². The van der Waals surface area contributed by atoms with Crippen LogP contribution in [-0.2, 0) is 0 Å². The van der Waals surface area contributed by atoms with Crippen LogP contribution in [0.5, 0.6) is 0 Å². The highest BCUT2D eigenvalue weighted by Crippen LogP contribution is 2.40. The summed E-state index contributed by atoms with van der Waals surface area (Å²) in [5.74, 6) is 1.48. The van der Waals surface area contributed by atoms with Crippen LogP contribution >= 0.6 is 11.8 Å². The first-order valence-corrected chi connectivity index (χ1v) is 8.39. The van der Waals surface area contributed by atoms with Gasteiger partial charge in [-0.1, -0.05) is 30.3 Å². The predicted molar refractivity (Wildman–Crippen MR) is 90.0 cm³/mol. The molecule has 0 N–H and O–H groups in total. The molecule has 2 aromatic heterocycles. The SMILES string of the molecule is O=C(Sc1cnn(-c2cc(C3CC3)ccn2)c1)c1ccccc1. The Kier molecular flexibility index (Phi) is 3.71. The van der Waals surface area contributed by atoms with Crippen molar-refractivity contribution in [3.05, 3.63) is 72.2 Å². The fourth-order valence-electron chi connectivity index (χ4n) is 2.45. The van der Waals surface area contributed by atoms with Gasteiger partial charge in [0.05, 0.1) is 11.1 Å². The minimum atomic E-state index is 0.0184. The van der Waals surface area contributed by atoms with Crippen molar-refractivity contribution < 1.29 is 4.79 Å². The van der Waals surface area contributed by atoms with Crippen molar-refractivity contribution in [3.8, 4) is 5.82 Å². The Bertz CT molecular complexity index is 840. The van der Waals surface area contributed by atoms with Crippen LogP contribution in [0.25, 0.3) is 5.82 Å². The molecular formula is C18H15N3OS. The summed E-state index contributed by atoms with van der Waals surface area (Å²) in [5, 5.41) is 4.35. The molecule has 0 saturated heterocycles. The van der Waals surface area contributed by atoms with Crippen LogP contribution in [0.1, 0.15) is 34.7 Å². The average molecular weight is 321 g/mol. The minimum Gasteiger partial charge on any atom is -0.281 e. The number of carbonyl (C=O) groups excluding carboxylic acids is 1. The summed E-state index contributed by atoms with van der Waals surface area (Å²) in [4.78, 5) is 17.4. The van der Waals surface area contributed by atoms with E-state index in [-0.39, 0.29) is 5.12 Å². The number of hydrogen-bond donors (Lipinski definition) is 0. The molecule has 5 heteroatoms. The molecule has 1 saturated carbocycles. The average Bonchev–Trinajstić information content (AvgIpc) is 3.35. The number of pyridine rings is 1. The summed E-state index contributed by atoms with van der Waals surface area (Å²) in [5.41, 5.74) is 2.01. The van der Waals surface area contributed by atoms with E-state index in [1.165, 1.54) is 30.2 Å². The van der Waals surface area contributed by atoms with E-state index in [1.54, 1.807) is 10.9 Å². The summed E-state index contributed by atoms with van der Waals surface area (Å²) < 4.78 is 1.73. The Balaban J connectivity index is 1.52. The van der Waals surface area contributed by atoms with Gasteiger partial charge in [-0.2, -0.15) is 5.10 Å². The summed E-state index contributed by atoms with van der Waals surface area (Å²) in [7, 11) is 0. The number of nitrogens with zero attached hydrogens (tertiary/aromatic N) is 3. The molecule has 3 aromatic rings. The van der Waals surface area contributed by atoms with Gasteiger partial charge in [-0.3, -0.25) is 4.79 Å². The Morgan fingerprint density at radius 3 is 2.78 bits per heavy atom. The van der Waals surface area contributed by atoms with E-state index in [1.807, 2.05) is 42.7 Å². The molecular weight excluding hydrogens is 306 g/mol. The van der Waals surface area contributed by atoms with Crippen molar-refractivity contribution in [2.75, 3.05) is 0 Å². The molecule has 1 fully saturated rings. The summed E-state index contributed by atoms with van der Waals surface area (Å²) in [6.45, 7) is 0. The van der Waals surface area contributed by atoms with Gasteiger partial charge in [0.1, 0.15) is 0 Å². The maximum atomic E-state index is 12.2. The quantitative estimate of drug-likeness (QED) is 0.679. The second-order valence-electron chi connectivity index (χ2n) is 5.60. The second kappa shape index (κ2) is 6.01. The van der Waals surface area contributed by atoms with Crippen molar-refractivity contribution in [1.29, 1.82) is 0 Å². The number of hydrogen-bond acceptors (Lipinski definition) is 4. The zero-order chi connectivity index (χ0) is 15.6. The second-order valence-corrected chi connectivity index (χ2v) is 6.64. The highest BCUT2D eigenvalue weighted by molar-refractivity contribution is 8.14. The molecule has 2 heterocycles. The zero-order valence-corrected chi connectivity index (χ0v) is 13.2. The molecule has 23 heavy (non-hydrogen) atoms. The van der Waals surface area contributed by atoms with Crippen LogP contribution in [0.2, 0.25) is 0 Å². The van der Waals surface area contributed by atoms with E-state index in [4.69, 9.17) is 0 Å². The standard InChI is InChI=1S/C18H15N3OS/c22-18(14-4-2-1-3-5-14)23-16-11-20-21(12-16)17-10-15(8-9-19-17)13-6-7-13/h1-5,8-13H,6-7H2. The molecule has 0 spiro atoms. The smallest absolute Gasteiger partial charge is 0.224 e. The molecule has 0 bridgehead atoms. The van der Waals surface area contributed by atoms with Crippen LogP contribution in [0, 0.1) is 0 Å². The molecule has 0 amide bonds. The first kappa shape index (κ1) is 14.2. The summed E-state index contributed by atoms with van der Waals surface area (Å²) in [6.07, 6.45) is 7.90. The van der Waals surface area contributed by atoms with Gasteiger partial charge in [0.2, 0.25) is 5.12 Å². The van der Waals surface area contributed by atoms with Gasteiger partial charge in [-0.25, -0.2) is 9.67 Å². The zero-order valence-electron chi connectivity index (χ0n) is 12.4. The van der Waals surface area contributed by atoms with Crippen molar-refractivity contribution in [3.63, 3.8) is 0 Å². The molecule has 0 atom stereocenters. The Morgan fingerprint density at radius 2 is 2.00 bits per heavy atom. The van der Waals surface area contributed by atoms with Crippen molar-refractivity contribution in [2.45, 2.75) is 23.7 Å². The number of benzene rings is 1. The topological polar surface area (TPSA) is 47.8 Å². The highest BCUT2D eigenvalue weighted by atomic mass is 32.2. The first-order chi connectivity index (χ1) is 11.3. The third-order valence-corrected chi connectivity index (χ3v) is 4.70. The van der Waals surface area contributed by atoms with Gasteiger partial charge in [-0.15, -0.1) is 0 Å². The fourth-order valence-corrected chi connectivity index (χ4v) is 3.17. The molecule has 1 aromatic carbocycles. The predicted octanol–water partition coefficient (Wildman–Crippen LogP) is 4.08. The lowest BCUT2D eigenvalue weighted by Crippen LogP contribution is -1.98. The van der Waals surface area contributed by atoms with Gasteiger partial charge < -0.3 is 0 Å². The monoisotopic (exact) mass is 321 g/mol. The van der Waals surface area contributed by atoms with E-state index in [9.17, 15) is 4.79 Å². The Hall–Kier alpha value is -2.40. The van der Waals surface area contributed by atoms with E-state index >= 15 is 0 Å². The number of carbonyl (C=O) groups is 1. The molecule has 1 aliphatic rings. The van der Waals surface area contributed by atoms with Gasteiger partial charge in [0.25, 0.3) is 0 Å². The minimum absolute atomic E-state index is 0.0184. The van der Waals surface area contributed by atoms with E-state index in [0.29, 0.717) is 11.5 Å². The Labute approximate surface area is 138 Å². The van der Waals surface area contributed by atoms with Crippen LogP contribution in [0.3, 0.4) is 0 Å². The van der Waals surface area contributed by atoms with Crippen molar-refractivity contribution in [2.24, 2.45) is 0 Å². The number of rotatable bonds is 4. The van der Waals surface area contributed by atoms with E-state index in [2.05, 4.69) is 22.2 Å². The van der Waals surface area contributed by atoms with Crippen LogP contribution in [-0.4, -0.2) is 19.9 Å². The van der Waals surface area contributed by atoms with Gasteiger partial charge >= 0.3 is 0 Å². The van der Waals surface area contributed by atoms with E-state index in [0.717, 1.165) is 10.7 Å². The van der Waals surface area contributed by atoms with Crippen LogP contribution < -0.4 is 0 Å². The van der Waals surface area contributed by atoms with Crippen LogP contribution in [0.4, 0.5) is 0 Å². The lowest BCUT2D eigenvalue weighted by Gasteiger charge is -2.02. The van der Waals surface area contributed by atoms with Gasteiger partial charge in [-0.05, 0) is 48.2 Å². The van der Waals surface area contributed by atoms with Crippen molar-refractivity contribution >= 4 is 16.9 Å². The highest BCUT2D eigenvalue weighted by Gasteiger charge is 2.23. The number of aromatic nitrogens is 3. The normalized spacial score (nSPS) is 13.9. The fraction of sp³-hybridized carbons (Fsp3) is 0.167. The third-order valence-electron chi connectivity index (χ3n) is 3.83. The summed E-state index contributed by atoms with van der Waals surface area (Å²) in [6, 6.07) is 13.4. The first-order valence-electron chi connectivity index (χ1n) is 7.58. The maximum Gasteiger partial charge on any atom is 0.224 e. The van der Waals surface area contributed by atoms with Gasteiger partial charge in [0, 0.05) is 18.0 Å². The molecule has 0 radical (unpaired) electrons. The molecule has 4 nitrogen and oxygen atoms in total. The number of thioether (sulfide) groups is 1. The molecule has 0 aliphatic heterocycles. The molecule has 114 valence electrons. The summed E-state index contributed by atoms with van der Waals surface area (Å²) >= 11 is 1.19. The molecule has 1 aliphatic carbocycles. The van der Waals surface area contributed by atoms with E-state index < -0.39 is 0 Å². The van der Waals surface area contributed by atoms with Crippen LogP contribution in [0.15, 0.2) is 66.0 Å².